The van der Waals surface area contributed by atoms with Crippen molar-refractivity contribution < 1.29 is 9.68 Å². The molecule has 0 aliphatic carbocycles. The van der Waals surface area contributed by atoms with Gasteiger partial charge in [0.1, 0.15) is 5.75 Å². The van der Waals surface area contributed by atoms with E-state index < -0.39 is 7.12 Å². The lowest BCUT2D eigenvalue weighted by atomic mass is 9.78. The Morgan fingerprint density at radius 1 is 1.50 bits per heavy atom. The summed E-state index contributed by atoms with van der Waals surface area (Å²) in [5, 5.41) is 9.58. The third-order valence-corrected chi connectivity index (χ3v) is 4.36. The summed E-state index contributed by atoms with van der Waals surface area (Å²) in [6.07, 6.45) is 2.65. The van der Waals surface area contributed by atoms with E-state index in [1.54, 1.807) is 0 Å². The molecule has 0 saturated heterocycles. The zero-order chi connectivity index (χ0) is 13.0. The third-order valence-electron chi connectivity index (χ3n) is 3.26. The monoisotopic (exact) mass is 265 g/mol. The molecule has 2 rings (SSSR count). The van der Waals surface area contributed by atoms with Crippen molar-refractivity contribution in [2.24, 2.45) is 5.73 Å². The minimum Gasteiger partial charge on any atom is -0.536 e. The minimum atomic E-state index is -0.642. The first kappa shape index (κ1) is 13.8. The smallest absolute Gasteiger partial charge is 0.522 e. The summed E-state index contributed by atoms with van der Waals surface area (Å²) < 4.78 is 5.56. The van der Waals surface area contributed by atoms with E-state index in [2.05, 4.69) is 19.1 Å². The van der Waals surface area contributed by atoms with Crippen LogP contribution in [0.5, 0.6) is 5.75 Å². The van der Waals surface area contributed by atoms with Crippen LogP contribution in [-0.2, 0) is 12.2 Å². The van der Waals surface area contributed by atoms with Crippen LogP contribution in [0.15, 0.2) is 12.1 Å². The maximum atomic E-state index is 9.58. The maximum Gasteiger partial charge on any atom is 0.522 e. The number of aryl methyl sites for hydroxylation is 1. The highest BCUT2D eigenvalue weighted by atomic mass is 32.2. The number of fused-ring (bicyclic) bond motifs is 1. The summed E-state index contributed by atoms with van der Waals surface area (Å²) in [4.78, 5) is 0. The van der Waals surface area contributed by atoms with Crippen molar-refractivity contribution >= 4 is 18.9 Å². The topological polar surface area (TPSA) is 55.5 Å². The largest absolute Gasteiger partial charge is 0.536 e. The van der Waals surface area contributed by atoms with Crippen LogP contribution in [0, 0.1) is 6.92 Å². The van der Waals surface area contributed by atoms with Gasteiger partial charge in [-0.2, -0.15) is 11.8 Å². The van der Waals surface area contributed by atoms with Gasteiger partial charge in [-0.3, -0.25) is 0 Å². The molecule has 0 radical (unpaired) electrons. The zero-order valence-corrected chi connectivity index (χ0v) is 11.6. The molecule has 0 atom stereocenters. The number of thioether (sulfide) groups is 1. The second-order valence-corrected chi connectivity index (χ2v) is 5.75. The quantitative estimate of drug-likeness (QED) is 0.631. The van der Waals surface area contributed by atoms with E-state index in [9.17, 15) is 5.02 Å². The van der Waals surface area contributed by atoms with Gasteiger partial charge in [0.15, 0.2) is 0 Å². The van der Waals surface area contributed by atoms with Crippen LogP contribution in [0.3, 0.4) is 0 Å². The van der Waals surface area contributed by atoms with Crippen molar-refractivity contribution in [3.05, 3.63) is 28.8 Å². The highest BCUT2D eigenvalue weighted by Gasteiger charge is 2.25. The van der Waals surface area contributed by atoms with Gasteiger partial charge in [-0.05, 0) is 55.1 Å². The molecule has 3 nitrogen and oxygen atoms in total. The standard InChI is InChI=1S/C13H20BNO2S/c1-10-12(9-18-8-2-7-15)4-3-11-5-6-14(16)17-13(10)11/h3-4,16H,2,5-9,15H2,1H3. The highest BCUT2D eigenvalue weighted by Crippen LogP contribution is 2.33. The summed E-state index contributed by atoms with van der Waals surface area (Å²) in [5.74, 6) is 2.97. The molecular weight excluding hydrogens is 245 g/mol. The average molecular weight is 265 g/mol. The molecule has 1 aromatic rings. The first-order valence-corrected chi connectivity index (χ1v) is 7.61. The van der Waals surface area contributed by atoms with Crippen LogP contribution in [0.4, 0.5) is 0 Å². The molecule has 0 unspecified atom stereocenters. The SMILES string of the molecule is Cc1c(CSCCCN)ccc2c1OB(O)CC2. The molecule has 3 N–H and O–H groups in total. The van der Waals surface area contributed by atoms with Crippen molar-refractivity contribution in [1.29, 1.82) is 0 Å². The molecule has 98 valence electrons. The second kappa shape index (κ2) is 6.50. The van der Waals surface area contributed by atoms with E-state index in [1.807, 2.05) is 11.8 Å². The van der Waals surface area contributed by atoms with Crippen LogP contribution in [0.1, 0.15) is 23.1 Å². The molecule has 0 fully saturated rings. The molecule has 0 amide bonds. The van der Waals surface area contributed by atoms with Gasteiger partial charge in [0, 0.05) is 5.75 Å². The Balaban J connectivity index is 2.06. The number of rotatable bonds is 5. The maximum absolute atomic E-state index is 9.58. The molecule has 1 aromatic carbocycles. The van der Waals surface area contributed by atoms with E-state index in [1.165, 1.54) is 16.7 Å². The van der Waals surface area contributed by atoms with Crippen molar-refractivity contribution in [2.75, 3.05) is 12.3 Å². The van der Waals surface area contributed by atoms with E-state index in [-0.39, 0.29) is 0 Å². The normalized spacial score (nSPS) is 14.3. The molecule has 1 aliphatic rings. The van der Waals surface area contributed by atoms with Crippen LogP contribution in [0.25, 0.3) is 0 Å². The summed E-state index contributed by atoms with van der Waals surface area (Å²) >= 11 is 1.90. The van der Waals surface area contributed by atoms with Gasteiger partial charge in [-0.15, -0.1) is 0 Å². The van der Waals surface area contributed by atoms with Gasteiger partial charge >= 0.3 is 7.12 Å². The predicted molar refractivity (Wildman–Crippen MR) is 78.1 cm³/mol. The Bertz CT molecular complexity index is 414. The molecule has 0 saturated carbocycles. The number of hydrogen-bond donors (Lipinski definition) is 2. The fraction of sp³-hybridized carbons (Fsp3) is 0.538. The summed E-state index contributed by atoms with van der Waals surface area (Å²) in [7, 11) is -0.642. The molecule has 1 aliphatic heterocycles. The Morgan fingerprint density at radius 3 is 3.11 bits per heavy atom. The number of hydrogen-bond acceptors (Lipinski definition) is 4. The zero-order valence-electron chi connectivity index (χ0n) is 10.8. The van der Waals surface area contributed by atoms with Gasteiger partial charge in [0.25, 0.3) is 0 Å². The number of nitrogens with two attached hydrogens (primary N) is 1. The van der Waals surface area contributed by atoms with Crippen molar-refractivity contribution in [3.63, 3.8) is 0 Å². The Hall–Kier alpha value is -0.645. The van der Waals surface area contributed by atoms with Gasteiger partial charge in [-0.25, -0.2) is 0 Å². The fourth-order valence-electron chi connectivity index (χ4n) is 2.15. The Kier molecular flexibility index (Phi) is 4.98. The first-order valence-electron chi connectivity index (χ1n) is 6.46. The predicted octanol–water partition coefficient (Wildman–Crippen LogP) is 1.99. The van der Waals surface area contributed by atoms with E-state index in [4.69, 9.17) is 10.4 Å². The summed E-state index contributed by atoms with van der Waals surface area (Å²) in [5.41, 5.74) is 9.17. The molecule has 5 heteroatoms. The summed E-state index contributed by atoms with van der Waals surface area (Å²) in [6.45, 7) is 2.83. The van der Waals surface area contributed by atoms with E-state index >= 15 is 0 Å². The van der Waals surface area contributed by atoms with E-state index in [0.717, 1.165) is 36.6 Å². The molecule has 1 heterocycles. The van der Waals surface area contributed by atoms with Crippen LogP contribution in [0.2, 0.25) is 6.32 Å². The van der Waals surface area contributed by atoms with Crippen molar-refractivity contribution in [2.45, 2.75) is 31.8 Å². The molecule has 0 aromatic heterocycles. The fourth-order valence-corrected chi connectivity index (χ4v) is 3.20. The van der Waals surface area contributed by atoms with Crippen molar-refractivity contribution in [1.82, 2.24) is 0 Å². The van der Waals surface area contributed by atoms with Crippen LogP contribution >= 0.6 is 11.8 Å². The third kappa shape index (κ3) is 3.22. The van der Waals surface area contributed by atoms with Gasteiger partial charge in [0.2, 0.25) is 0 Å². The van der Waals surface area contributed by atoms with Gasteiger partial charge < -0.3 is 15.4 Å². The summed E-state index contributed by atoms with van der Waals surface area (Å²) in [6, 6.07) is 4.32. The van der Waals surface area contributed by atoms with Gasteiger partial charge in [-0.1, -0.05) is 12.1 Å². The molecule has 18 heavy (non-hydrogen) atoms. The van der Waals surface area contributed by atoms with E-state index in [0.29, 0.717) is 6.32 Å². The second-order valence-electron chi connectivity index (χ2n) is 4.64. The van der Waals surface area contributed by atoms with Crippen molar-refractivity contribution in [3.8, 4) is 5.75 Å². The lowest BCUT2D eigenvalue weighted by Crippen LogP contribution is -2.27. The Labute approximate surface area is 113 Å². The lowest BCUT2D eigenvalue weighted by molar-refractivity contribution is 0.397. The molecule has 0 bridgehead atoms. The molecular formula is C13H20BNO2S. The average Bonchev–Trinajstić information content (AvgIpc) is 2.38. The minimum absolute atomic E-state index is 0.642. The van der Waals surface area contributed by atoms with Crippen LogP contribution in [-0.4, -0.2) is 24.4 Å². The highest BCUT2D eigenvalue weighted by molar-refractivity contribution is 7.98. The lowest BCUT2D eigenvalue weighted by Gasteiger charge is -2.23. The molecule has 0 spiro atoms. The first-order chi connectivity index (χ1) is 8.72. The van der Waals surface area contributed by atoms with Crippen LogP contribution < -0.4 is 10.4 Å². The number of benzene rings is 1. The van der Waals surface area contributed by atoms with Gasteiger partial charge in [0.05, 0.1) is 0 Å². The Morgan fingerprint density at radius 2 is 2.33 bits per heavy atom.